The number of hydrogen-bond donors (Lipinski definition) is 3. The van der Waals surface area contributed by atoms with Crippen molar-refractivity contribution in [3.8, 4) is 0 Å². The van der Waals surface area contributed by atoms with Gasteiger partial charge in [0.2, 0.25) is 5.91 Å². The second-order valence-corrected chi connectivity index (χ2v) is 5.46. The van der Waals surface area contributed by atoms with Crippen LogP contribution in [0.15, 0.2) is 0 Å². The Bertz CT molecular complexity index is 254. The first-order valence-corrected chi connectivity index (χ1v) is 6.90. The average molecular weight is 240 g/mol. The summed E-state index contributed by atoms with van der Waals surface area (Å²) in [6.07, 6.45) is 7.10. The van der Waals surface area contributed by atoms with Crippen molar-refractivity contribution < 1.29 is 9.90 Å². The summed E-state index contributed by atoms with van der Waals surface area (Å²) in [6, 6.07) is 0.448. The molecule has 1 amide bonds. The first-order chi connectivity index (χ1) is 8.29. The third-order valence-corrected chi connectivity index (χ3v) is 3.94. The van der Waals surface area contributed by atoms with Gasteiger partial charge < -0.3 is 15.7 Å². The van der Waals surface area contributed by atoms with Crippen LogP contribution < -0.4 is 10.6 Å². The van der Waals surface area contributed by atoms with Gasteiger partial charge in [0.25, 0.3) is 0 Å². The van der Waals surface area contributed by atoms with Crippen LogP contribution in [0.25, 0.3) is 0 Å². The van der Waals surface area contributed by atoms with E-state index in [1.54, 1.807) is 0 Å². The first kappa shape index (κ1) is 12.8. The molecule has 2 aliphatic rings. The number of carbonyl (C=O) groups excluding carboxylic acids is 1. The monoisotopic (exact) mass is 240 g/mol. The fraction of sp³-hybridized carbons (Fsp3) is 0.923. The molecule has 0 aromatic carbocycles. The molecule has 2 saturated carbocycles. The van der Waals surface area contributed by atoms with E-state index in [-0.39, 0.29) is 5.91 Å². The van der Waals surface area contributed by atoms with Gasteiger partial charge in [0, 0.05) is 12.6 Å². The van der Waals surface area contributed by atoms with Crippen LogP contribution in [0, 0.1) is 11.8 Å². The zero-order chi connectivity index (χ0) is 12.1. The third-order valence-electron chi connectivity index (χ3n) is 3.94. The molecule has 3 N–H and O–H groups in total. The molecule has 2 atom stereocenters. The zero-order valence-corrected chi connectivity index (χ0v) is 10.5. The Morgan fingerprint density at radius 1 is 1.12 bits per heavy atom. The second kappa shape index (κ2) is 6.36. The molecule has 17 heavy (non-hydrogen) atoms. The van der Waals surface area contributed by atoms with Crippen LogP contribution in [0.4, 0.5) is 0 Å². The molecule has 0 bridgehead atoms. The lowest BCUT2D eigenvalue weighted by Gasteiger charge is -2.30. The number of amides is 1. The van der Waals surface area contributed by atoms with Crippen LogP contribution >= 0.6 is 0 Å². The van der Waals surface area contributed by atoms with Crippen LogP contribution in [0.1, 0.15) is 38.5 Å². The van der Waals surface area contributed by atoms with Gasteiger partial charge in [0.05, 0.1) is 6.54 Å². The van der Waals surface area contributed by atoms with Gasteiger partial charge in [0.1, 0.15) is 0 Å². The predicted octanol–water partition coefficient (Wildman–Crippen LogP) is 0.653. The summed E-state index contributed by atoms with van der Waals surface area (Å²) >= 11 is 0. The lowest BCUT2D eigenvalue weighted by atomic mass is 9.79. The fourth-order valence-corrected chi connectivity index (χ4v) is 2.67. The summed E-state index contributed by atoms with van der Waals surface area (Å²) in [6.45, 7) is 1.58. The molecule has 2 rings (SSSR count). The Hall–Kier alpha value is -0.610. The van der Waals surface area contributed by atoms with Gasteiger partial charge in [-0.15, -0.1) is 0 Å². The van der Waals surface area contributed by atoms with E-state index in [0.29, 0.717) is 31.0 Å². The average Bonchev–Trinajstić information content (AvgIpc) is 3.13. The molecule has 0 heterocycles. The molecule has 0 aliphatic heterocycles. The Balaban J connectivity index is 1.60. The smallest absolute Gasteiger partial charge is 0.234 e. The number of aliphatic hydroxyl groups excluding tert-OH is 1. The first-order valence-electron chi connectivity index (χ1n) is 6.90. The van der Waals surface area contributed by atoms with Gasteiger partial charge in [0.15, 0.2) is 0 Å². The van der Waals surface area contributed by atoms with Gasteiger partial charge in [-0.3, -0.25) is 4.79 Å². The van der Waals surface area contributed by atoms with E-state index in [0.717, 1.165) is 25.8 Å². The van der Waals surface area contributed by atoms with Crippen LogP contribution in [-0.4, -0.2) is 36.8 Å². The molecule has 2 unspecified atom stereocenters. The Labute approximate surface area is 103 Å². The van der Waals surface area contributed by atoms with Crippen molar-refractivity contribution in [2.45, 2.75) is 44.6 Å². The van der Waals surface area contributed by atoms with Gasteiger partial charge in [-0.1, -0.05) is 12.8 Å². The standard InChI is InChI=1S/C13H24N2O2/c16-9-11-4-2-1-3-10(11)7-14-8-13(17)15-12-5-6-12/h10-12,14,16H,1-9H2,(H,15,17). The highest BCUT2D eigenvalue weighted by Gasteiger charge is 2.25. The van der Waals surface area contributed by atoms with E-state index in [1.807, 2.05) is 0 Å². The summed E-state index contributed by atoms with van der Waals surface area (Å²) in [7, 11) is 0. The summed E-state index contributed by atoms with van der Waals surface area (Å²) in [5, 5.41) is 15.5. The Morgan fingerprint density at radius 3 is 2.47 bits per heavy atom. The molecule has 2 aliphatic carbocycles. The van der Waals surface area contributed by atoms with E-state index >= 15 is 0 Å². The molecule has 0 aromatic rings. The summed E-state index contributed by atoms with van der Waals surface area (Å²) in [5.74, 6) is 1.09. The Morgan fingerprint density at radius 2 is 1.82 bits per heavy atom. The fourth-order valence-electron chi connectivity index (χ4n) is 2.67. The molecule has 0 spiro atoms. The number of nitrogens with one attached hydrogen (secondary N) is 2. The van der Waals surface area contributed by atoms with E-state index in [2.05, 4.69) is 10.6 Å². The maximum Gasteiger partial charge on any atom is 0.234 e. The van der Waals surface area contributed by atoms with E-state index < -0.39 is 0 Å². The van der Waals surface area contributed by atoms with Crippen LogP contribution in [0.3, 0.4) is 0 Å². The topological polar surface area (TPSA) is 61.4 Å². The van der Waals surface area contributed by atoms with Crippen LogP contribution in [-0.2, 0) is 4.79 Å². The van der Waals surface area contributed by atoms with Crippen molar-refractivity contribution in [2.75, 3.05) is 19.7 Å². The van der Waals surface area contributed by atoms with E-state index in [4.69, 9.17) is 0 Å². The van der Waals surface area contributed by atoms with E-state index in [1.165, 1.54) is 19.3 Å². The minimum Gasteiger partial charge on any atom is -0.396 e. The molecule has 0 radical (unpaired) electrons. The number of aliphatic hydroxyl groups is 1. The molecular formula is C13H24N2O2. The quantitative estimate of drug-likeness (QED) is 0.639. The molecule has 0 saturated heterocycles. The van der Waals surface area contributed by atoms with Crippen molar-refractivity contribution in [3.05, 3.63) is 0 Å². The minimum absolute atomic E-state index is 0.115. The van der Waals surface area contributed by atoms with Crippen molar-refractivity contribution in [3.63, 3.8) is 0 Å². The summed E-state index contributed by atoms with van der Waals surface area (Å²) in [5.41, 5.74) is 0. The van der Waals surface area contributed by atoms with Gasteiger partial charge in [-0.05, 0) is 44.1 Å². The molecule has 98 valence electrons. The maximum atomic E-state index is 11.5. The third kappa shape index (κ3) is 4.28. The highest BCUT2D eigenvalue weighted by atomic mass is 16.3. The second-order valence-electron chi connectivity index (χ2n) is 5.46. The van der Waals surface area contributed by atoms with Crippen molar-refractivity contribution >= 4 is 5.91 Å². The lowest BCUT2D eigenvalue weighted by molar-refractivity contribution is -0.120. The van der Waals surface area contributed by atoms with Crippen molar-refractivity contribution in [2.24, 2.45) is 11.8 Å². The zero-order valence-electron chi connectivity index (χ0n) is 10.5. The van der Waals surface area contributed by atoms with Crippen molar-refractivity contribution in [1.82, 2.24) is 10.6 Å². The van der Waals surface area contributed by atoms with Crippen LogP contribution in [0.2, 0.25) is 0 Å². The Kier molecular flexibility index (Phi) is 4.80. The van der Waals surface area contributed by atoms with Crippen molar-refractivity contribution in [1.29, 1.82) is 0 Å². The van der Waals surface area contributed by atoms with E-state index in [9.17, 15) is 9.90 Å². The molecule has 4 heteroatoms. The number of hydrogen-bond acceptors (Lipinski definition) is 3. The number of carbonyl (C=O) groups is 1. The summed E-state index contributed by atoms with van der Waals surface area (Å²) in [4.78, 5) is 11.5. The largest absolute Gasteiger partial charge is 0.396 e. The maximum absolute atomic E-state index is 11.5. The predicted molar refractivity (Wildman–Crippen MR) is 66.6 cm³/mol. The SMILES string of the molecule is O=C(CNCC1CCCCC1CO)NC1CC1. The molecular weight excluding hydrogens is 216 g/mol. The highest BCUT2D eigenvalue weighted by molar-refractivity contribution is 5.78. The summed E-state index contributed by atoms with van der Waals surface area (Å²) < 4.78 is 0. The minimum atomic E-state index is 0.115. The molecule has 0 aromatic heterocycles. The van der Waals surface area contributed by atoms with Gasteiger partial charge in [-0.25, -0.2) is 0 Å². The van der Waals surface area contributed by atoms with Gasteiger partial charge in [-0.2, -0.15) is 0 Å². The lowest BCUT2D eigenvalue weighted by Crippen LogP contribution is -2.39. The van der Waals surface area contributed by atoms with Crippen LogP contribution in [0.5, 0.6) is 0 Å². The normalized spacial score (nSPS) is 29.0. The number of rotatable bonds is 6. The molecule has 4 nitrogen and oxygen atoms in total. The molecule has 2 fully saturated rings. The highest BCUT2D eigenvalue weighted by Crippen LogP contribution is 2.28. The van der Waals surface area contributed by atoms with Gasteiger partial charge >= 0.3 is 0 Å².